The standard InChI is InChI=1S/C21H28N4O2S/c1-20(2)11-16(12-21(3,4)25-20)22-17(26)10-15-13-28-19(23-15)24-18(27)14-8-6-5-7-9-14/h5-9,13,16,25H,10-12H2,1-4H3,(H,22,26)(H,23,24,27). The van der Waals surface area contributed by atoms with Crippen LogP contribution in [0.3, 0.4) is 0 Å². The van der Waals surface area contributed by atoms with E-state index in [2.05, 4.69) is 48.6 Å². The van der Waals surface area contributed by atoms with E-state index < -0.39 is 0 Å². The number of rotatable bonds is 5. The van der Waals surface area contributed by atoms with Crippen LogP contribution in [-0.2, 0) is 11.2 Å². The van der Waals surface area contributed by atoms with Gasteiger partial charge < -0.3 is 10.6 Å². The maximum atomic E-state index is 12.5. The first kappa shape index (κ1) is 20.5. The summed E-state index contributed by atoms with van der Waals surface area (Å²) in [4.78, 5) is 29.1. The van der Waals surface area contributed by atoms with Crippen molar-refractivity contribution in [3.8, 4) is 0 Å². The molecule has 1 fully saturated rings. The molecule has 0 spiro atoms. The molecule has 1 aromatic carbocycles. The minimum Gasteiger partial charge on any atom is -0.353 e. The molecule has 6 nitrogen and oxygen atoms in total. The Balaban J connectivity index is 1.55. The van der Waals surface area contributed by atoms with Crippen LogP contribution in [0.1, 0.15) is 56.6 Å². The molecule has 2 aromatic rings. The Bertz CT molecular complexity index is 829. The molecule has 1 aliphatic rings. The number of aromatic nitrogens is 1. The van der Waals surface area contributed by atoms with E-state index in [-0.39, 0.29) is 35.4 Å². The van der Waals surface area contributed by atoms with Crippen molar-refractivity contribution in [3.63, 3.8) is 0 Å². The first-order valence-electron chi connectivity index (χ1n) is 9.51. The maximum Gasteiger partial charge on any atom is 0.257 e. The van der Waals surface area contributed by atoms with Gasteiger partial charge in [-0.3, -0.25) is 14.9 Å². The van der Waals surface area contributed by atoms with Crippen LogP contribution in [-0.4, -0.2) is 33.9 Å². The summed E-state index contributed by atoms with van der Waals surface area (Å²) in [5, 5.41) is 11.9. The molecule has 1 aromatic heterocycles. The van der Waals surface area contributed by atoms with Crippen molar-refractivity contribution in [1.29, 1.82) is 0 Å². The number of carbonyl (C=O) groups excluding carboxylic acids is 2. The number of anilines is 1. The Hall–Kier alpha value is -2.25. The van der Waals surface area contributed by atoms with Crippen LogP contribution in [0.15, 0.2) is 35.7 Å². The Kier molecular flexibility index (Phi) is 5.86. The second kappa shape index (κ2) is 8.01. The molecular formula is C21H28N4O2S. The van der Waals surface area contributed by atoms with Gasteiger partial charge in [-0.25, -0.2) is 4.98 Å². The maximum absolute atomic E-state index is 12.5. The number of piperidine rings is 1. The fourth-order valence-corrected chi connectivity index (χ4v) is 4.78. The molecule has 0 aliphatic carbocycles. The highest BCUT2D eigenvalue weighted by molar-refractivity contribution is 7.14. The van der Waals surface area contributed by atoms with Gasteiger partial charge in [0.15, 0.2) is 5.13 Å². The molecular weight excluding hydrogens is 372 g/mol. The molecule has 1 saturated heterocycles. The van der Waals surface area contributed by atoms with Gasteiger partial charge >= 0.3 is 0 Å². The third-order valence-corrected chi connectivity index (χ3v) is 5.51. The predicted molar refractivity (Wildman–Crippen MR) is 113 cm³/mol. The summed E-state index contributed by atoms with van der Waals surface area (Å²) in [5.41, 5.74) is 1.20. The fraction of sp³-hybridized carbons (Fsp3) is 0.476. The minimum atomic E-state index is -0.204. The molecule has 28 heavy (non-hydrogen) atoms. The molecule has 0 bridgehead atoms. The van der Waals surface area contributed by atoms with Gasteiger partial charge in [0.2, 0.25) is 5.91 Å². The second-order valence-electron chi connectivity index (χ2n) is 8.71. The van der Waals surface area contributed by atoms with Crippen LogP contribution in [0.5, 0.6) is 0 Å². The molecule has 0 radical (unpaired) electrons. The normalized spacial score (nSPS) is 18.4. The van der Waals surface area contributed by atoms with Crippen LogP contribution in [0.4, 0.5) is 5.13 Å². The van der Waals surface area contributed by atoms with E-state index in [9.17, 15) is 9.59 Å². The van der Waals surface area contributed by atoms with Crippen molar-refractivity contribution in [3.05, 3.63) is 47.0 Å². The zero-order chi connectivity index (χ0) is 20.4. The van der Waals surface area contributed by atoms with Gasteiger partial charge in [0.1, 0.15) is 0 Å². The molecule has 0 saturated carbocycles. The lowest BCUT2D eigenvalue weighted by Crippen LogP contribution is -2.62. The number of benzene rings is 1. The number of amides is 2. The van der Waals surface area contributed by atoms with Crippen LogP contribution in [0, 0.1) is 0 Å². The first-order valence-corrected chi connectivity index (χ1v) is 10.4. The monoisotopic (exact) mass is 400 g/mol. The van der Waals surface area contributed by atoms with Crippen molar-refractivity contribution < 1.29 is 9.59 Å². The van der Waals surface area contributed by atoms with Gasteiger partial charge in [-0.1, -0.05) is 18.2 Å². The largest absolute Gasteiger partial charge is 0.353 e. The molecule has 7 heteroatoms. The van der Waals surface area contributed by atoms with Gasteiger partial charge in [-0.05, 0) is 52.7 Å². The lowest BCUT2D eigenvalue weighted by atomic mass is 9.79. The summed E-state index contributed by atoms with van der Waals surface area (Å²) in [7, 11) is 0. The third-order valence-electron chi connectivity index (χ3n) is 4.71. The highest BCUT2D eigenvalue weighted by Crippen LogP contribution is 2.28. The summed E-state index contributed by atoms with van der Waals surface area (Å²) in [6.45, 7) is 8.65. The topological polar surface area (TPSA) is 83.1 Å². The minimum absolute atomic E-state index is 0.0186. The average Bonchev–Trinajstić information content (AvgIpc) is 2.99. The molecule has 2 heterocycles. The number of thiazole rings is 1. The van der Waals surface area contributed by atoms with Gasteiger partial charge in [0, 0.05) is 28.1 Å². The van der Waals surface area contributed by atoms with E-state index in [1.807, 2.05) is 23.6 Å². The van der Waals surface area contributed by atoms with E-state index in [0.717, 1.165) is 12.8 Å². The predicted octanol–water partition coefficient (Wildman–Crippen LogP) is 3.36. The highest BCUT2D eigenvalue weighted by Gasteiger charge is 2.38. The Morgan fingerprint density at radius 2 is 1.79 bits per heavy atom. The first-order chi connectivity index (χ1) is 13.1. The van der Waals surface area contributed by atoms with Crippen molar-refractivity contribution in [1.82, 2.24) is 15.6 Å². The van der Waals surface area contributed by atoms with Crippen molar-refractivity contribution in [2.75, 3.05) is 5.32 Å². The summed E-state index contributed by atoms with van der Waals surface area (Å²) >= 11 is 1.33. The smallest absolute Gasteiger partial charge is 0.257 e. The molecule has 3 N–H and O–H groups in total. The van der Waals surface area contributed by atoms with Crippen molar-refractivity contribution in [2.45, 2.75) is 64.1 Å². The molecule has 3 rings (SSSR count). The van der Waals surface area contributed by atoms with E-state index in [4.69, 9.17) is 0 Å². The number of hydrogen-bond acceptors (Lipinski definition) is 5. The average molecular weight is 401 g/mol. The van der Waals surface area contributed by atoms with Gasteiger partial charge in [0.05, 0.1) is 12.1 Å². The van der Waals surface area contributed by atoms with Crippen LogP contribution >= 0.6 is 11.3 Å². The quantitative estimate of drug-likeness (QED) is 0.719. The molecule has 2 amide bonds. The van der Waals surface area contributed by atoms with Crippen LogP contribution in [0.25, 0.3) is 0 Å². The SMILES string of the molecule is CC1(C)CC(NC(=O)Cc2csc(NC(=O)c3ccccc3)n2)CC(C)(C)N1. The Morgan fingerprint density at radius 3 is 2.43 bits per heavy atom. The zero-order valence-electron chi connectivity index (χ0n) is 16.8. The van der Waals surface area contributed by atoms with Crippen LogP contribution < -0.4 is 16.0 Å². The summed E-state index contributed by atoms with van der Waals surface area (Å²) in [6, 6.07) is 9.13. The number of nitrogens with zero attached hydrogens (tertiary/aromatic N) is 1. The number of carbonyl (C=O) groups is 2. The van der Waals surface area contributed by atoms with E-state index in [1.54, 1.807) is 12.1 Å². The van der Waals surface area contributed by atoms with Crippen LogP contribution in [0.2, 0.25) is 0 Å². The Labute approximate surface area is 170 Å². The van der Waals surface area contributed by atoms with E-state index in [0.29, 0.717) is 16.4 Å². The highest BCUT2D eigenvalue weighted by atomic mass is 32.1. The second-order valence-corrected chi connectivity index (χ2v) is 9.56. The summed E-state index contributed by atoms with van der Waals surface area (Å²) < 4.78 is 0. The summed E-state index contributed by atoms with van der Waals surface area (Å²) in [6.07, 6.45) is 1.98. The summed E-state index contributed by atoms with van der Waals surface area (Å²) in [5.74, 6) is -0.241. The lowest BCUT2D eigenvalue weighted by Gasteiger charge is -2.46. The van der Waals surface area contributed by atoms with Crippen molar-refractivity contribution in [2.24, 2.45) is 0 Å². The van der Waals surface area contributed by atoms with E-state index in [1.165, 1.54) is 11.3 Å². The van der Waals surface area contributed by atoms with Gasteiger partial charge in [0.25, 0.3) is 5.91 Å². The number of hydrogen-bond donors (Lipinski definition) is 3. The molecule has 1 aliphatic heterocycles. The third kappa shape index (κ3) is 5.62. The molecule has 0 unspecified atom stereocenters. The van der Waals surface area contributed by atoms with Crippen molar-refractivity contribution >= 4 is 28.3 Å². The van der Waals surface area contributed by atoms with Gasteiger partial charge in [-0.2, -0.15) is 0 Å². The number of nitrogens with one attached hydrogen (secondary N) is 3. The zero-order valence-corrected chi connectivity index (χ0v) is 17.7. The molecule has 0 atom stereocenters. The lowest BCUT2D eigenvalue weighted by molar-refractivity contribution is -0.121. The van der Waals surface area contributed by atoms with E-state index >= 15 is 0 Å². The van der Waals surface area contributed by atoms with Gasteiger partial charge in [-0.15, -0.1) is 11.3 Å². The fourth-order valence-electron chi connectivity index (χ4n) is 4.07. The Morgan fingerprint density at radius 1 is 1.14 bits per heavy atom. The molecule has 150 valence electrons.